The molecule has 3 aliphatic rings. The van der Waals surface area contributed by atoms with E-state index in [-0.39, 0.29) is 30.4 Å². The number of hydrogen-bond donors (Lipinski definition) is 0. The van der Waals surface area contributed by atoms with E-state index >= 15 is 0 Å². The molecule has 2 aliphatic heterocycles. The lowest BCUT2D eigenvalue weighted by atomic mass is 9.84. The summed E-state index contributed by atoms with van der Waals surface area (Å²) in [7, 11) is 0. The normalized spacial score (nSPS) is 20.5. The maximum absolute atomic E-state index is 13.1. The molecule has 2 aromatic rings. The van der Waals surface area contributed by atoms with Gasteiger partial charge in [-0.3, -0.25) is 9.59 Å². The van der Waals surface area contributed by atoms with E-state index < -0.39 is 0 Å². The number of amides is 2. The van der Waals surface area contributed by atoms with Gasteiger partial charge in [-0.05, 0) is 43.9 Å². The average molecular weight is 498 g/mol. The number of halogens is 1. The van der Waals surface area contributed by atoms with Crippen molar-refractivity contribution < 1.29 is 14.3 Å². The minimum atomic E-state index is 0.00970. The van der Waals surface area contributed by atoms with E-state index in [1.807, 2.05) is 41.3 Å². The van der Waals surface area contributed by atoms with Gasteiger partial charge in [-0.25, -0.2) is 0 Å². The van der Waals surface area contributed by atoms with E-state index in [0.29, 0.717) is 37.7 Å². The zero-order valence-electron chi connectivity index (χ0n) is 19.9. The van der Waals surface area contributed by atoms with Crippen LogP contribution < -0.4 is 4.90 Å². The molecule has 0 spiro atoms. The Labute approximate surface area is 211 Å². The molecule has 1 unspecified atom stereocenters. The van der Waals surface area contributed by atoms with Crippen LogP contribution in [-0.2, 0) is 14.3 Å². The molecule has 1 aliphatic carbocycles. The zero-order valence-corrected chi connectivity index (χ0v) is 20.7. The molecule has 0 N–H and O–H groups in total. The number of rotatable bonds is 7. The van der Waals surface area contributed by atoms with Crippen LogP contribution in [0.15, 0.2) is 36.4 Å². The number of benzene rings is 1. The summed E-state index contributed by atoms with van der Waals surface area (Å²) in [6, 6.07) is 11.5. The van der Waals surface area contributed by atoms with Crippen molar-refractivity contribution in [2.24, 2.45) is 5.92 Å². The Hall–Kier alpha value is -2.71. The van der Waals surface area contributed by atoms with E-state index in [1.165, 1.54) is 0 Å². The Morgan fingerprint density at radius 3 is 2.43 bits per heavy atom. The lowest BCUT2D eigenvalue weighted by Gasteiger charge is -2.37. The molecular weight excluding hydrogens is 466 g/mol. The van der Waals surface area contributed by atoms with Gasteiger partial charge in [0.15, 0.2) is 5.82 Å². The topological polar surface area (TPSA) is 78.9 Å². The third kappa shape index (κ3) is 5.59. The molecule has 2 saturated heterocycles. The highest BCUT2D eigenvalue weighted by molar-refractivity contribution is 6.33. The van der Waals surface area contributed by atoms with Crippen LogP contribution >= 0.6 is 11.6 Å². The number of piperazine rings is 1. The number of nitrogens with zero attached hydrogens (tertiary/aromatic N) is 5. The summed E-state index contributed by atoms with van der Waals surface area (Å²) in [6.07, 6.45) is 5.00. The molecule has 0 radical (unpaired) electrons. The summed E-state index contributed by atoms with van der Waals surface area (Å²) in [5, 5.41) is 9.41. The molecule has 35 heavy (non-hydrogen) atoms. The fourth-order valence-electron chi connectivity index (χ4n) is 4.93. The second kappa shape index (κ2) is 10.9. The first-order valence-corrected chi connectivity index (χ1v) is 13.0. The maximum Gasteiger partial charge on any atom is 0.242 e. The third-order valence-corrected chi connectivity index (χ3v) is 7.63. The van der Waals surface area contributed by atoms with Crippen LogP contribution in [0.4, 0.5) is 5.82 Å². The van der Waals surface area contributed by atoms with Crippen molar-refractivity contribution >= 4 is 29.2 Å². The largest absolute Gasteiger partial charge is 0.376 e. The van der Waals surface area contributed by atoms with Crippen molar-refractivity contribution in [3.8, 4) is 11.3 Å². The minimum Gasteiger partial charge on any atom is -0.376 e. The summed E-state index contributed by atoms with van der Waals surface area (Å²) in [4.78, 5) is 31.9. The molecule has 0 bridgehead atoms. The van der Waals surface area contributed by atoms with Crippen LogP contribution in [0.1, 0.15) is 32.1 Å². The fraction of sp³-hybridized carbons (Fsp3) is 0.538. The first-order valence-electron chi connectivity index (χ1n) is 12.6. The molecule has 9 heteroatoms. The van der Waals surface area contributed by atoms with E-state index in [9.17, 15) is 9.59 Å². The average Bonchev–Trinajstić information content (AvgIpc) is 3.36. The standard InChI is InChI=1S/C26H32ClN5O3/c27-22-9-2-1-8-21(22)23-10-11-24(29-28-23)30-12-14-31(15-13-30)25(33)18-32(17-20-7-4-16-35-20)26(34)19-5-3-6-19/h1-2,8-11,19-20H,3-7,12-18H2. The lowest BCUT2D eigenvalue weighted by Crippen LogP contribution is -2.53. The van der Waals surface area contributed by atoms with Crippen LogP contribution in [0.25, 0.3) is 11.3 Å². The summed E-state index contributed by atoms with van der Waals surface area (Å²) < 4.78 is 5.75. The van der Waals surface area contributed by atoms with E-state index in [2.05, 4.69) is 15.1 Å². The molecule has 3 fully saturated rings. The van der Waals surface area contributed by atoms with Gasteiger partial charge >= 0.3 is 0 Å². The molecule has 1 aromatic carbocycles. The predicted octanol–water partition coefficient (Wildman–Crippen LogP) is 3.25. The second-order valence-corrected chi connectivity index (χ2v) is 10.0. The highest BCUT2D eigenvalue weighted by atomic mass is 35.5. The van der Waals surface area contributed by atoms with Gasteiger partial charge in [0.2, 0.25) is 11.8 Å². The third-order valence-electron chi connectivity index (χ3n) is 7.30. The number of carbonyl (C=O) groups excluding carboxylic acids is 2. The molecule has 5 rings (SSSR count). The van der Waals surface area contributed by atoms with Crippen LogP contribution in [0.3, 0.4) is 0 Å². The van der Waals surface area contributed by atoms with Crippen molar-refractivity contribution in [3.05, 3.63) is 41.4 Å². The van der Waals surface area contributed by atoms with Gasteiger partial charge in [-0.2, -0.15) is 0 Å². The predicted molar refractivity (Wildman–Crippen MR) is 134 cm³/mol. The van der Waals surface area contributed by atoms with Gasteiger partial charge < -0.3 is 19.4 Å². The molecule has 1 aromatic heterocycles. The van der Waals surface area contributed by atoms with Gasteiger partial charge in [0, 0.05) is 50.8 Å². The summed E-state index contributed by atoms with van der Waals surface area (Å²) in [5.41, 5.74) is 1.59. The first-order chi connectivity index (χ1) is 17.1. The van der Waals surface area contributed by atoms with Gasteiger partial charge in [0.1, 0.15) is 0 Å². The van der Waals surface area contributed by atoms with Crippen LogP contribution in [0, 0.1) is 5.92 Å². The Morgan fingerprint density at radius 1 is 1.00 bits per heavy atom. The Balaban J connectivity index is 1.16. The number of carbonyl (C=O) groups is 2. The Bertz CT molecular complexity index is 1030. The van der Waals surface area contributed by atoms with E-state index in [1.54, 1.807) is 4.90 Å². The molecular formula is C26H32ClN5O3. The fourth-order valence-corrected chi connectivity index (χ4v) is 5.17. The molecule has 186 valence electrons. The lowest BCUT2D eigenvalue weighted by molar-refractivity contribution is -0.146. The molecule has 1 atom stereocenters. The molecule has 8 nitrogen and oxygen atoms in total. The van der Waals surface area contributed by atoms with Crippen LogP contribution in [-0.4, -0.2) is 83.8 Å². The van der Waals surface area contributed by atoms with Crippen molar-refractivity contribution in [2.45, 2.75) is 38.2 Å². The molecule has 3 heterocycles. The highest BCUT2D eigenvalue weighted by Crippen LogP contribution is 2.29. The summed E-state index contributed by atoms with van der Waals surface area (Å²) >= 11 is 6.28. The van der Waals surface area contributed by atoms with Crippen molar-refractivity contribution in [1.82, 2.24) is 20.0 Å². The van der Waals surface area contributed by atoms with E-state index in [0.717, 1.165) is 55.8 Å². The number of aromatic nitrogens is 2. The first kappa shape index (κ1) is 24.0. The van der Waals surface area contributed by atoms with Gasteiger partial charge in [0.05, 0.1) is 23.4 Å². The second-order valence-electron chi connectivity index (χ2n) is 9.61. The summed E-state index contributed by atoms with van der Waals surface area (Å²) in [6.45, 7) is 3.95. The zero-order chi connectivity index (χ0) is 24.2. The minimum absolute atomic E-state index is 0.00970. The van der Waals surface area contributed by atoms with E-state index in [4.69, 9.17) is 16.3 Å². The summed E-state index contributed by atoms with van der Waals surface area (Å²) in [5.74, 6) is 0.990. The highest BCUT2D eigenvalue weighted by Gasteiger charge is 2.33. The van der Waals surface area contributed by atoms with Crippen LogP contribution in [0.5, 0.6) is 0 Å². The van der Waals surface area contributed by atoms with Crippen molar-refractivity contribution in [3.63, 3.8) is 0 Å². The quantitative estimate of drug-likeness (QED) is 0.584. The van der Waals surface area contributed by atoms with Gasteiger partial charge in [-0.15, -0.1) is 10.2 Å². The van der Waals surface area contributed by atoms with Gasteiger partial charge in [0.25, 0.3) is 0 Å². The SMILES string of the molecule is O=C(CN(CC1CCCO1)C(=O)C1CCC1)N1CCN(c2ccc(-c3ccccc3Cl)nn2)CC1. The Morgan fingerprint density at radius 2 is 1.80 bits per heavy atom. The number of anilines is 1. The van der Waals surface area contributed by atoms with Crippen molar-refractivity contribution in [1.29, 1.82) is 0 Å². The van der Waals surface area contributed by atoms with Gasteiger partial charge in [-0.1, -0.05) is 36.2 Å². The van der Waals surface area contributed by atoms with Crippen molar-refractivity contribution in [2.75, 3.05) is 50.8 Å². The van der Waals surface area contributed by atoms with Crippen LogP contribution in [0.2, 0.25) is 5.02 Å². The smallest absolute Gasteiger partial charge is 0.242 e. The monoisotopic (exact) mass is 497 g/mol. The number of hydrogen-bond acceptors (Lipinski definition) is 6. The molecule has 1 saturated carbocycles. The Kier molecular flexibility index (Phi) is 7.48. The number of ether oxygens (including phenoxy) is 1. The molecule has 2 amide bonds. The maximum atomic E-state index is 13.1.